The summed E-state index contributed by atoms with van der Waals surface area (Å²) in [6, 6.07) is 7.35. The smallest absolute Gasteiger partial charge is 0.343 e. The van der Waals surface area contributed by atoms with Crippen LogP contribution in [0, 0.1) is 0 Å². The SMILES string of the molecule is CCCCC1=C/C(=C\c2ccc(Cl)cc2)C(=O)O1. The zero-order valence-electron chi connectivity index (χ0n) is 10.3. The van der Waals surface area contributed by atoms with E-state index < -0.39 is 0 Å². The molecule has 0 aliphatic carbocycles. The highest BCUT2D eigenvalue weighted by Crippen LogP contribution is 2.23. The Morgan fingerprint density at radius 3 is 2.67 bits per heavy atom. The third-order valence-electron chi connectivity index (χ3n) is 2.74. The molecule has 0 atom stereocenters. The normalized spacial score (nSPS) is 16.9. The van der Waals surface area contributed by atoms with Gasteiger partial charge < -0.3 is 4.74 Å². The highest BCUT2D eigenvalue weighted by Gasteiger charge is 2.19. The van der Waals surface area contributed by atoms with Gasteiger partial charge in [-0.3, -0.25) is 0 Å². The average molecular weight is 263 g/mol. The summed E-state index contributed by atoms with van der Waals surface area (Å²) in [6.45, 7) is 2.11. The summed E-state index contributed by atoms with van der Waals surface area (Å²) in [5.74, 6) is 0.498. The number of esters is 1. The second-order valence-electron chi connectivity index (χ2n) is 4.25. The van der Waals surface area contributed by atoms with Gasteiger partial charge in [0.25, 0.3) is 0 Å². The number of hydrogen-bond acceptors (Lipinski definition) is 2. The third-order valence-corrected chi connectivity index (χ3v) is 3.00. The van der Waals surface area contributed by atoms with Gasteiger partial charge >= 0.3 is 5.97 Å². The van der Waals surface area contributed by atoms with E-state index in [4.69, 9.17) is 16.3 Å². The number of carbonyl (C=O) groups excluding carboxylic acids is 1. The van der Waals surface area contributed by atoms with Crippen LogP contribution >= 0.6 is 11.6 Å². The van der Waals surface area contributed by atoms with Crippen LogP contribution in [-0.4, -0.2) is 5.97 Å². The number of hydrogen-bond donors (Lipinski definition) is 0. The van der Waals surface area contributed by atoms with Gasteiger partial charge in [0.15, 0.2) is 0 Å². The zero-order chi connectivity index (χ0) is 13.0. The third kappa shape index (κ3) is 3.23. The standard InChI is InChI=1S/C15H15ClO2/c1-2-3-4-14-10-12(15(17)18-14)9-11-5-7-13(16)8-6-11/h5-10H,2-4H2,1H3/b12-9+. The molecule has 1 aliphatic rings. The van der Waals surface area contributed by atoms with Gasteiger partial charge in [0.1, 0.15) is 5.76 Å². The molecule has 1 aromatic rings. The van der Waals surface area contributed by atoms with Crippen molar-refractivity contribution in [2.75, 3.05) is 0 Å². The molecule has 0 bridgehead atoms. The molecular weight excluding hydrogens is 248 g/mol. The van der Waals surface area contributed by atoms with Gasteiger partial charge in [-0.1, -0.05) is 37.1 Å². The van der Waals surface area contributed by atoms with Crippen molar-refractivity contribution in [1.29, 1.82) is 0 Å². The second kappa shape index (κ2) is 5.87. The molecule has 2 nitrogen and oxygen atoms in total. The fourth-order valence-electron chi connectivity index (χ4n) is 1.75. The van der Waals surface area contributed by atoms with E-state index >= 15 is 0 Å². The zero-order valence-corrected chi connectivity index (χ0v) is 11.0. The molecular formula is C15H15ClO2. The molecule has 3 heteroatoms. The van der Waals surface area contributed by atoms with Crippen molar-refractivity contribution in [3.05, 3.63) is 52.3 Å². The number of unbranched alkanes of at least 4 members (excludes halogenated alkanes) is 1. The van der Waals surface area contributed by atoms with Crippen LogP contribution < -0.4 is 0 Å². The average Bonchev–Trinajstić information content (AvgIpc) is 2.70. The highest BCUT2D eigenvalue weighted by atomic mass is 35.5. The van der Waals surface area contributed by atoms with E-state index in [1.807, 2.05) is 24.3 Å². The number of rotatable bonds is 4. The first-order valence-electron chi connectivity index (χ1n) is 6.09. The van der Waals surface area contributed by atoms with Gasteiger partial charge in [-0.05, 0) is 36.3 Å². The van der Waals surface area contributed by atoms with Crippen molar-refractivity contribution in [1.82, 2.24) is 0 Å². The minimum atomic E-state index is -0.268. The van der Waals surface area contributed by atoms with Crippen LogP contribution in [0.25, 0.3) is 6.08 Å². The first-order chi connectivity index (χ1) is 8.69. The summed E-state index contributed by atoms with van der Waals surface area (Å²) in [5, 5.41) is 0.685. The Labute approximate surface area is 112 Å². The quantitative estimate of drug-likeness (QED) is 0.595. The summed E-state index contributed by atoms with van der Waals surface area (Å²) in [6.07, 6.45) is 6.59. The fraction of sp³-hybridized carbons (Fsp3) is 0.267. The Hall–Kier alpha value is -1.54. The first kappa shape index (κ1) is 12.9. The maximum absolute atomic E-state index is 11.7. The Kier molecular flexibility index (Phi) is 4.21. The molecule has 0 N–H and O–H groups in total. The Balaban J connectivity index is 2.14. The summed E-state index contributed by atoms with van der Waals surface area (Å²) in [5.41, 5.74) is 1.54. The molecule has 0 aromatic heterocycles. The lowest BCUT2D eigenvalue weighted by Gasteiger charge is -1.98. The monoisotopic (exact) mass is 262 g/mol. The fourth-order valence-corrected chi connectivity index (χ4v) is 1.88. The molecule has 0 spiro atoms. The van der Waals surface area contributed by atoms with E-state index in [0.29, 0.717) is 10.6 Å². The van der Waals surface area contributed by atoms with Crippen molar-refractivity contribution in [3.8, 4) is 0 Å². The van der Waals surface area contributed by atoms with Crippen LogP contribution in [0.3, 0.4) is 0 Å². The molecule has 0 amide bonds. The van der Waals surface area contributed by atoms with E-state index in [1.165, 1.54) is 0 Å². The van der Waals surface area contributed by atoms with Crippen LogP contribution in [0.5, 0.6) is 0 Å². The maximum atomic E-state index is 11.7. The maximum Gasteiger partial charge on any atom is 0.343 e. The molecule has 1 aromatic carbocycles. The number of allylic oxidation sites excluding steroid dienone is 1. The predicted octanol–water partition coefficient (Wildman–Crippen LogP) is 4.35. The number of ether oxygens (including phenoxy) is 1. The summed E-state index contributed by atoms with van der Waals surface area (Å²) < 4.78 is 5.20. The molecule has 2 rings (SSSR count). The van der Waals surface area contributed by atoms with Crippen molar-refractivity contribution >= 4 is 23.6 Å². The van der Waals surface area contributed by atoms with Crippen LogP contribution in [0.2, 0.25) is 5.02 Å². The molecule has 0 saturated carbocycles. The lowest BCUT2D eigenvalue weighted by molar-refractivity contribution is -0.133. The predicted molar refractivity (Wildman–Crippen MR) is 73.1 cm³/mol. The molecule has 0 radical (unpaired) electrons. The summed E-state index contributed by atoms with van der Waals surface area (Å²) >= 11 is 5.81. The molecule has 18 heavy (non-hydrogen) atoms. The first-order valence-corrected chi connectivity index (χ1v) is 6.47. The molecule has 0 unspecified atom stereocenters. The molecule has 0 fully saturated rings. The second-order valence-corrected chi connectivity index (χ2v) is 4.69. The van der Waals surface area contributed by atoms with Gasteiger partial charge in [0.2, 0.25) is 0 Å². The Morgan fingerprint density at radius 1 is 1.28 bits per heavy atom. The van der Waals surface area contributed by atoms with Gasteiger partial charge in [-0.25, -0.2) is 4.79 Å². The number of carbonyl (C=O) groups is 1. The number of cyclic esters (lactones) is 1. The van der Waals surface area contributed by atoms with Gasteiger partial charge in [-0.15, -0.1) is 0 Å². The van der Waals surface area contributed by atoms with Crippen LogP contribution in [0.4, 0.5) is 0 Å². The summed E-state index contributed by atoms with van der Waals surface area (Å²) in [7, 11) is 0. The number of halogens is 1. The molecule has 1 aliphatic heterocycles. The molecule has 0 saturated heterocycles. The lowest BCUT2D eigenvalue weighted by atomic mass is 10.1. The van der Waals surface area contributed by atoms with E-state index in [9.17, 15) is 4.79 Å². The van der Waals surface area contributed by atoms with Gasteiger partial charge in [-0.2, -0.15) is 0 Å². The Bertz CT molecular complexity index is 498. The van der Waals surface area contributed by atoms with Crippen molar-refractivity contribution in [2.24, 2.45) is 0 Å². The largest absolute Gasteiger partial charge is 0.427 e. The van der Waals surface area contributed by atoms with E-state index in [0.717, 1.165) is 30.6 Å². The van der Waals surface area contributed by atoms with E-state index in [-0.39, 0.29) is 5.97 Å². The van der Waals surface area contributed by atoms with Crippen LogP contribution in [0.1, 0.15) is 31.7 Å². The van der Waals surface area contributed by atoms with Crippen molar-refractivity contribution in [2.45, 2.75) is 26.2 Å². The van der Waals surface area contributed by atoms with E-state index in [2.05, 4.69) is 6.92 Å². The van der Waals surface area contributed by atoms with E-state index in [1.54, 1.807) is 12.1 Å². The summed E-state index contributed by atoms with van der Waals surface area (Å²) in [4.78, 5) is 11.7. The molecule has 1 heterocycles. The molecule has 94 valence electrons. The number of benzene rings is 1. The minimum absolute atomic E-state index is 0.268. The van der Waals surface area contributed by atoms with Crippen LogP contribution in [0.15, 0.2) is 41.7 Å². The highest BCUT2D eigenvalue weighted by molar-refractivity contribution is 6.30. The van der Waals surface area contributed by atoms with Gasteiger partial charge in [0.05, 0.1) is 5.57 Å². The van der Waals surface area contributed by atoms with Crippen LogP contribution in [-0.2, 0) is 9.53 Å². The van der Waals surface area contributed by atoms with Crippen molar-refractivity contribution < 1.29 is 9.53 Å². The lowest BCUT2D eigenvalue weighted by Crippen LogP contribution is -1.97. The minimum Gasteiger partial charge on any atom is -0.427 e. The van der Waals surface area contributed by atoms with Crippen molar-refractivity contribution in [3.63, 3.8) is 0 Å². The Morgan fingerprint density at radius 2 is 2.00 bits per heavy atom. The topological polar surface area (TPSA) is 26.3 Å². The van der Waals surface area contributed by atoms with Gasteiger partial charge in [0, 0.05) is 11.4 Å².